The van der Waals surface area contributed by atoms with Crippen LogP contribution in [0.1, 0.15) is 47.0 Å². The number of carbonyl (C=O) groups excluding carboxylic acids is 1. The quantitative estimate of drug-likeness (QED) is 0.536. The molecule has 0 saturated heterocycles. The van der Waals surface area contributed by atoms with Gasteiger partial charge in [-0.1, -0.05) is 27.2 Å². The van der Waals surface area contributed by atoms with E-state index in [1.54, 1.807) is 6.92 Å². The van der Waals surface area contributed by atoms with E-state index in [2.05, 4.69) is 29.5 Å². The molecular weight excluding hydrogens is 310 g/mol. The van der Waals surface area contributed by atoms with Crippen molar-refractivity contribution in [3.8, 4) is 0 Å². The zero-order chi connectivity index (χ0) is 18.3. The van der Waals surface area contributed by atoms with Gasteiger partial charge in [0.05, 0.1) is 6.04 Å². The van der Waals surface area contributed by atoms with Crippen LogP contribution in [-0.2, 0) is 11.3 Å². The van der Waals surface area contributed by atoms with E-state index >= 15 is 0 Å². The molecule has 0 fully saturated rings. The van der Waals surface area contributed by atoms with Crippen LogP contribution in [0.5, 0.6) is 0 Å². The minimum atomic E-state index is -0.748. The highest BCUT2D eigenvalue weighted by atomic mass is 16.2. The normalized spacial score (nSPS) is 12.2. The lowest BCUT2D eigenvalue weighted by Crippen LogP contribution is -2.39. The molecule has 136 valence electrons. The van der Waals surface area contributed by atoms with E-state index in [0.29, 0.717) is 19.0 Å². The van der Waals surface area contributed by atoms with Gasteiger partial charge in [0.25, 0.3) is 5.56 Å². The zero-order valence-electron chi connectivity index (χ0n) is 14.9. The van der Waals surface area contributed by atoms with E-state index in [4.69, 9.17) is 5.73 Å². The summed E-state index contributed by atoms with van der Waals surface area (Å²) in [6, 6.07) is -0.748. The Morgan fingerprint density at radius 3 is 2.50 bits per heavy atom. The van der Waals surface area contributed by atoms with Gasteiger partial charge in [-0.25, -0.2) is 4.79 Å². The highest BCUT2D eigenvalue weighted by molar-refractivity contribution is 5.96. The van der Waals surface area contributed by atoms with E-state index in [1.165, 1.54) is 4.57 Å². The van der Waals surface area contributed by atoms with Crippen molar-refractivity contribution in [2.45, 2.75) is 59.5 Å². The number of nitrogens with two attached hydrogens (primary N) is 1. The van der Waals surface area contributed by atoms with Crippen molar-refractivity contribution in [1.82, 2.24) is 9.55 Å². The van der Waals surface area contributed by atoms with Crippen LogP contribution in [0.25, 0.3) is 0 Å². The lowest BCUT2D eigenvalue weighted by molar-refractivity contribution is -0.117. The Balaban J connectivity index is 3.28. The molecule has 1 rings (SSSR count). The molecule has 0 saturated carbocycles. The minimum absolute atomic E-state index is 0.184. The number of amides is 1. The lowest BCUT2D eigenvalue weighted by Gasteiger charge is -2.18. The first-order valence-electron chi connectivity index (χ1n) is 8.45. The van der Waals surface area contributed by atoms with Gasteiger partial charge in [0.2, 0.25) is 5.91 Å². The van der Waals surface area contributed by atoms with Crippen molar-refractivity contribution < 1.29 is 4.79 Å². The van der Waals surface area contributed by atoms with Crippen molar-refractivity contribution in [2.75, 3.05) is 17.2 Å². The Morgan fingerprint density at radius 1 is 1.29 bits per heavy atom. The van der Waals surface area contributed by atoms with Gasteiger partial charge in [-0.2, -0.15) is 0 Å². The van der Waals surface area contributed by atoms with E-state index in [1.807, 2.05) is 6.92 Å². The monoisotopic (exact) mass is 339 g/mol. The Labute approximate surface area is 141 Å². The van der Waals surface area contributed by atoms with E-state index in [0.717, 1.165) is 19.3 Å². The molecule has 1 aromatic heterocycles. The molecule has 1 heterocycles. The summed E-state index contributed by atoms with van der Waals surface area (Å²) in [6.45, 7) is 8.66. The molecule has 0 unspecified atom stereocenters. The van der Waals surface area contributed by atoms with Crippen molar-refractivity contribution in [2.24, 2.45) is 11.7 Å². The molecule has 0 aliphatic heterocycles. The maximum Gasteiger partial charge on any atom is 0.330 e. The molecule has 0 radical (unpaired) electrons. The highest BCUT2D eigenvalue weighted by Crippen LogP contribution is 2.16. The van der Waals surface area contributed by atoms with Crippen LogP contribution in [0.15, 0.2) is 9.59 Å². The third kappa shape index (κ3) is 5.52. The standard InChI is InChI=1S/C16H29N5O3/c1-5-6-9-21-13(19-14(22)11(4)17)12(15(23)20-16(21)24)18-8-7-10(2)3/h10-11,18H,5-9,17H2,1-4H3,(H,19,22)(H,20,23,24)/t11-/m0/s1. The molecule has 0 aliphatic carbocycles. The molecule has 0 aliphatic rings. The van der Waals surface area contributed by atoms with Gasteiger partial charge >= 0.3 is 5.69 Å². The largest absolute Gasteiger partial charge is 0.378 e. The summed E-state index contributed by atoms with van der Waals surface area (Å²) in [4.78, 5) is 38.7. The summed E-state index contributed by atoms with van der Waals surface area (Å²) >= 11 is 0. The predicted octanol–water partition coefficient (Wildman–Crippen LogP) is 1.08. The van der Waals surface area contributed by atoms with Gasteiger partial charge in [-0.3, -0.25) is 19.1 Å². The molecule has 1 amide bonds. The number of hydrogen-bond donors (Lipinski definition) is 4. The van der Waals surface area contributed by atoms with Crippen molar-refractivity contribution in [3.63, 3.8) is 0 Å². The fourth-order valence-electron chi connectivity index (χ4n) is 2.11. The molecule has 0 bridgehead atoms. The first-order chi connectivity index (χ1) is 11.3. The number of hydrogen-bond acceptors (Lipinski definition) is 5. The number of aromatic nitrogens is 2. The van der Waals surface area contributed by atoms with Crippen LogP contribution >= 0.6 is 0 Å². The fraction of sp³-hybridized carbons (Fsp3) is 0.688. The van der Waals surface area contributed by atoms with Crippen LogP contribution < -0.4 is 27.6 Å². The van der Waals surface area contributed by atoms with E-state index in [9.17, 15) is 14.4 Å². The van der Waals surface area contributed by atoms with Crippen LogP contribution in [-0.4, -0.2) is 28.0 Å². The Morgan fingerprint density at radius 2 is 1.96 bits per heavy atom. The predicted molar refractivity (Wildman–Crippen MR) is 96.5 cm³/mol. The fourth-order valence-corrected chi connectivity index (χ4v) is 2.11. The van der Waals surface area contributed by atoms with Crippen molar-refractivity contribution in [1.29, 1.82) is 0 Å². The average Bonchev–Trinajstić information content (AvgIpc) is 2.49. The average molecular weight is 339 g/mol. The van der Waals surface area contributed by atoms with Crippen LogP contribution in [0.3, 0.4) is 0 Å². The first-order valence-corrected chi connectivity index (χ1v) is 8.45. The van der Waals surface area contributed by atoms with Gasteiger partial charge in [-0.05, 0) is 25.7 Å². The second kappa shape index (κ2) is 9.27. The first kappa shape index (κ1) is 20.0. The second-order valence-corrected chi connectivity index (χ2v) is 6.38. The van der Waals surface area contributed by atoms with E-state index < -0.39 is 23.2 Å². The molecule has 24 heavy (non-hydrogen) atoms. The number of rotatable bonds is 9. The van der Waals surface area contributed by atoms with Gasteiger partial charge in [0.1, 0.15) is 11.5 Å². The third-order valence-corrected chi connectivity index (χ3v) is 3.61. The number of aromatic amines is 1. The zero-order valence-corrected chi connectivity index (χ0v) is 14.9. The second-order valence-electron chi connectivity index (χ2n) is 6.38. The lowest BCUT2D eigenvalue weighted by atomic mass is 10.1. The van der Waals surface area contributed by atoms with Gasteiger partial charge in [0, 0.05) is 13.1 Å². The van der Waals surface area contributed by atoms with Gasteiger partial charge in [0.15, 0.2) is 0 Å². The van der Waals surface area contributed by atoms with Crippen molar-refractivity contribution in [3.05, 3.63) is 20.8 Å². The number of H-pyrrole nitrogens is 1. The Kier molecular flexibility index (Phi) is 7.70. The Bertz CT molecular complexity index is 661. The molecular formula is C16H29N5O3. The molecule has 1 atom stereocenters. The SMILES string of the molecule is CCCCn1c(NC(=O)[C@H](C)N)c(NCCC(C)C)c(=O)[nH]c1=O. The summed E-state index contributed by atoms with van der Waals surface area (Å²) in [7, 11) is 0. The Hall–Kier alpha value is -2.09. The smallest absolute Gasteiger partial charge is 0.330 e. The summed E-state index contributed by atoms with van der Waals surface area (Å²) in [6.07, 6.45) is 2.48. The van der Waals surface area contributed by atoms with Crippen molar-refractivity contribution >= 4 is 17.4 Å². The molecule has 0 spiro atoms. The molecule has 5 N–H and O–H groups in total. The number of nitrogens with one attached hydrogen (secondary N) is 3. The summed E-state index contributed by atoms with van der Waals surface area (Å²) < 4.78 is 1.38. The van der Waals surface area contributed by atoms with Gasteiger partial charge in [-0.15, -0.1) is 0 Å². The van der Waals surface area contributed by atoms with Crippen LogP contribution in [0, 0.1) is 5.92 Å². The molecule has 1 aromatic rings. The maximum atomic E-state index is 12.2. The summed E-state index contributed by atoms with van der Waals surface area (Å²) in [5.41, 5.74) is 4.71. The molecule has 8 heteroatoms. The third-order valence-electron chi connectivity index (χ3n) is 3.61. The van der Waals surface area contributed by atoms with E-state index in [-0.39, 0.29) is 11.5 Å². The maximum absolute atomic E-state index is 12.2. The summed E-state index contributed by atoms with van der Waals surface area (Å²) in [5.74, 6) is 0.199. The molecule has 0 aromatic carbocycles. The van der Waals surface area contributed by atoms with Crippen LogP contribution in [0.2, 0.25) is 0 Å². The summed E-state index contributed by atoms with van der Waals surface area (Å²) in [5, 5.41) is 5.67. The van der Waals surface area contributed by atoms with Gasteiger partial charge < -0.3 is 16.4 Å². The number of anilines is 2. The topological polar surface area (TPSA) is 122 Å². The number of nitrogens with zero attached hydrogens (tertiary/aromatic N) is 1. The number of unbranched alkanes of at least 4 members (excludes halogenated alkanes) is 1. The number of carbonyl (C=O) groups is 1. The minimum Gasteiger partial charge on any atom is -0.378 e. The molecule has 8 nitrogen and oxygen atoms in total. The highest BCUT2D eigenvalue weighted by Gasteiger charge is 2.18. The van der Waals surface area contributed by atoms with Crippen LogP contribution in [0.4, 0.5) is 11.5 Å².